The Morgan fingerprint density at radius 1 is 0.750 bits per heavy atom. The molecule has 7 heteroatoms. The van der Waals surface area contributed by atoms with E-state index in [2.05, 4.69) is 15.5 Å². The lowest BCUT2D eigenvalue weighted by Gasteiger charge is -2.20. The second kappa shape index (κ2) is 7.63. The Morgan fingerprint density at radius 2 is 1.00 bits per heavy atom. The summed E-state index contributed by atoms with van der Waals surface area (Å²) in [6.45, 7) is 6.21. The van der Waals surface area contributed by atoms with Gasteiger partial charge in [0.2, 0.25) is 0 Å². The first-order valence-electron chi connectivity index (χ1n) is 4.78. The van der Waals surface area contributed by atoms with Crippen molar-refractivity contribution in [1.82, 2.24) is 4.90 Å². The maximum Gasteiger partial charge on any atom is 0.0680 e. The number of hydrogen-bond donors (Lipinski definition) is 3. The molecule has 16 heavy (non-hydrogen) atoms. The molecule has 7 nitrogen and oxygen atoms in total. The van der Waals surface area contributed by atoms with Crippen LogP contribution in [-0.4, -0.2) is 57.3 Å². The van der Waals surface area contributed by atoms with Crippen LogP contribution in [0.3, 0.4) is 0 Å². The average molecular weight is 230 g/mol. The zero-order valence-corrected chi connectivity index (χ0v) is 9.75. The van der Waals surface area contributed by atoms with Crippen molar-refractivity contribution < 1.29 is 15.6 Å². The fourth-order valence-electron chi connectivity index (χ4n) is 1.23. The van der Waals surface area contributed by atoms with Crippen LogP contribution in [0.2, 0.25) is 0 Å². The van der Waals surface area contributed by atoms with Gasteiger partial charge in [0.1, 0.15) is 0 Å². The first-order valence-corrected chi connectivity index (χ1v) is 4.78. The van der Waals surface area contributed by atoms with E-state index in [1.165, 1.54) is 0 Å². The second-order valence-electron chi connectivity index (χ2n) is 3.65. The van der Waals surface area contributed by atoms with E-state index in [-0.39, 0.29) is 0 Å². The third-order valence-corrected chi connectivity index (χ3v) is 1.87. The molecule has 0 aromatic carbocycles. The molecule has 0 amide bonds. The lowest BCUT2D eigenvalue weighted by Crippen LogP contribution is -2.36. The van der Waals surface area contributed by atoms with Crippen LogP contribution in [0.15, 0.2) is 15.5 Å². The summed E-state index contributed by atoms with van der Waals surface area (Å²) in [5.74, 6) is 0. The molecule has 0 saturated carbocycles. The summed E-state index contributed by atoms with van der Waals surface area (Å²) in [7, 11) is 0. The molecular weight excluding hydrogens is 212 g/mol. The zero-order chi connectivity index (χ0) is 12.6. The highest BCUT2D eigenvalue weighted by molar-refractivity contribution is 5.88. The Bertz CT molecular complexity index is 252. The molecule has 0 unspecified atom stereocenters. The van der Waals surface area contributed by atoms with Gasteiger partial charge < -0.3 is 15.6 Å². The van der Waals surface area contributed by atoms with Crippen molar-refractivity contribution in [2.24, 2.45) is 15.5 Å². The third-order valence-electron chi connectivity index (χ3n) is 1.87. The van der Waals surface area contributed by atoms with Gasteiger partial charge in [-0.25, -0.2) is 0 Å². The van der Waals surface area contributed by atoms with Crippen LogP contribution in [0.25, 0.3) is 0 Å². The van der Waals surface area contributed by atoms with E-state index in [0.717, 1.165) is 0 Å². The van der Waals surface area contributed by atoms with E-state index in [9.17, 15) is 0 Å². The highest BCUT2D eigenvalue weighted by Gasteiger charge is 2.10. The average Bonchev–Trinajstić information content (AvgIpc) is 2.28. The van der Waals surface area contributed by atoms with E-state index < -0.39 is 0 Å². The van der Waals surface area contributed by atoms with E-state index in [4.69, 9.17) is 15.6 Å². The summed E-state index contributed by atoms with van der Waals surface area (Å²) in [6.07, 6.45) is 0. The molecule has 0 radical (unpaired) electrons. The van der Waals surface area contributed by atoms with Gasteiger partial charge >= 0.3 is 0 Å². The molecule has 92 valence electrons. The largest absolute Gasteiger partial charge is 0.411 e. The van der Waals surface area contributed by atoms with Crippen molar-refractivity contribution in [2.75, 3.05) is 19.6 Å². The van der Waals surface area contributed by atoms with Gasteiger partial charge in [0.05, 0.1) is 17.1 Å². The predicted octanol–water partition coefficient (Wildman–Crippen LogP) is 0.839. The first kappa shape index (κ1) is 14.4. The number of rotatable bonds is 6. The molecule has 0 aliphatic heterocycles. The molecule has 0 heterocycles. The van der Waals surface area contributed by atoms with Gasteiger partial charge in [0.15, 0.2) is 0 Å². The Morgan fingerprint density at radius 3 is 1.19 bits per heavy atom. The Balaban J connectivity index is 4.50. The van der Waals surface area contributed by atoms with Crippen molar-refractivity contribution in [3.63, 3.8) is 0 Å². The lowest BCUT2D eigenvalue weighted by molar-refractivity contribution is 0.300. The van der Waals surface area contributed by atoms with Gasteiger partial charge in [-0.2, -0.15) is 0 Å². The Hall–Kier alpha value is -1.63. The van der Waals surface area contributed by atoms with Crippen LogP contribution in [0.1, 0.15) is 20.8 Å². The van der Waals surface area contributed by atoms with E-state index in [0.29, 0.717) is 36.8 Å². The van der Waals surface area contributed by atoms with Gasteiger partial charge in [0.25, 0.3) is 0 Å². The molecule has 0 aromatic heterocycles. The SMILES string of the molecule is C/C(CN(C/C(C)=N/O)C/C(C)=N/O)=N\O. The summed E-state index contributed by atoms with van der Waals surface area (Å²) in [4.78, 5) is 1.82. The van der Waals surface area contributed by atoms with Crippen molar-refractivity contribution in [3.8, 4) is 0 Å². The van der Waals surface area contributed by atoms with Crippen molar-refractivity contribution >= 4 is 17.1 Å². The fourth-order valence-corrected chi connectivity index (χ4v) is 1.23. The van der Waals surface area contributed by atoms with Crippen molar-refractivity contribution in [2.45, 2.75) is 20.8 Å². The van der Waals surface area contributed by atoms with Gasteiger partial charge in [-0.05, 0) is 20.8 Å². The van der Waals surface area contributed by atoms with Crippen LogP contribution < -0.4 is 0 Å². The van der Waals surface area contributed by atoms with E-state index >= 15 is 0 Å². The molecule has 0 atom stereocenters. The highest BCUT2D eigenvalue weighted by atomic mass is 16.4. The standard InChI is InChI=1S/C9H18N4O3/c1-7(10-14)4-13(5-8(2)11-15)6-9(3)12-16/h14-16H,4-6H2,1-3H3/b10-7+,11-8+,12-9+. The van der Waals surface area contributed by atoms with Gasteiger partial charge in [-0.15, -0.1) is 0 Å². The Kier molecular flexibility index (Phi) is 6.86. The molecule has 0 aromatic rings. The molecule has 0 spiro atoms. The summed E-state index contributed by atoms with van der Waals surface area (Å²) in [6, 6.07) is 0. The molecule has 0 fully saturated rings. The van der Waals surface area contributed by atoms with Gasteiger partial charge in [-0.3, -0.25) is 4.90 Å². The molecular formula is C9H18N4O3. The smallest absolute Gasteiger partial charge is 0.0680 e. The van der Waals surface area contributed by atoms with Crippen molar-refractivity contribution in [3.05, 3.63) is 0 Å². The minimum absolute atomic E-state index is 0.399. The lowest BCUT2D eigenvalue weighted by atomic mass is 10.3. The highest BCUT2D eigenvalue weighted by Crippen LogP contribution is 1.94. The summed E-state index contributed by atoms with van der Waals surface area (Å²) in [5, 5.41) is 34.9. The number of nitrogens with zero attached hydrogens (tertiary/aromatic N) is 4. The molecule has 0 aliphatic rings. The van der Waals surface area contributed by atoms with Gasteiger partial charge in [0, 0.05) is 19.6 Å². The third kappa shape index (κ3) is 5.97. The fraction of sp³-hybridized carbons (Fsp3) is 0.667. The van der Waals surface area contributed by atoms with Crippen LogP contribution in [0.4, 0.5) is 0 Å². The van der Waals surface area contributed by atoms with Crippen LogP contribution in [0, 0.1) is 0 Å². The van der Waals surface area contributed by atoms with Crippen LogP contribution >= 0.6 is 0 Å². The zero-order valence-electron chi connectivity index (χ0n) is 9.75. The summed E-state index contributed by atoms with van der Waals surface area (Å²) in [5.41, 5.74) is 1.57. The number of oxime groups is 3. The summed E-state index contributed by atoms with van der Waals surface area (Å²) < 4.78 is 0. The topological polar surface area (TPSA) is 101 Å². The normalized spacial score (nSPS) is 14.6. The quantitative estimate of drug-likeness (QED) is 0.357. The Labute approximate surface area is 94.3 Å². The predicted molar refractivity (Wildman–Crippen MR) is 61.1 cm³/mol. The van der Waals surface area contributed by atoms with Crippen molar-refractivity contribution in [1.29, 1.82) is 0 Å². The maximum absolute atomic E-state index is 8.57. The maximum atomic E-state index is 8.57. The minimum Gasteiger partial charge on any atom is -0.411 e. The minimum atomic E-state index is 0.399. The molecule has 3 N–H and O–H groups in total. The molecule has 0 aliphatic carbocycles. The van der Waals surface area contributed by atoms with Crippen LogP contribution in [0.5, 0.6) is 0 Å². The van der Waals surface area contributed by atoms with E-state index in [1.807, 2.05) is 4.90 Å². The first-order chi connectivity index (χ1) is 7.53. The molecule has 0 rings (SSSR count). The summed E-state index contributed by atoms with van der Waals surface area (Å²) >= 11 is 0. The van der Waals surface area contributed by atoms with Gasteiger partial charge in [-0.1, -0.05) is 15.5 Å². The molecule has 0 saturated heterocycles. The van der Waals surface area contributed by atoms with E-state index in [1.54, 1.807) is 20.8 Å². The molecule has 0 bridgehead atoms. The van der Waals surface area contributed by atoms with Crippen LogP contribution in [-0.2, 0) is 0 Å². The monoisotopic (exact) mass is 230 g/mol. The number of hydrogen-bond acceptors (Lipinski definition) is 7. The second-order valence-corrected chi connectivity index (χ2v) is 3.65.